The number of rotatable bonds is 7. The average Bonchev–Trinajstić information content (AvgIpc) is 2.73. The van der Waals surface area contributed by atoms with Crippen LogP contribution in [0.3, 0.4) is 0 Å². The molecule has 2 aromatic carbocycles. The van der Waals surface area contributed by atoms with Crippen LogP contribution in [0.4, 0.5) is 0 Å². The van der Waals surface area contributed by atoms with E-state index in [4.69, 9.17) is 14.2 Å². The number of nitrogens with zero attached hydrogens (tertiary/aromatic N) is 1. The van der Waals surface area contributed by atoms with Crippen LogP contribution >= 0.6 is 24.2 Å². The molecule has 1 N–H and O–H groups in total. The Morgan fingerprint density at radius 1 is 1.04 bits per heavy atom. The van der Waals surface area contributed by atoms with Gasteiger partial charge in [-0.3, -0.25) is 4.90 Å². The van der Waals surface area contributed by atoms with Gasteiger partial charge in [-0.25, -0.2) is 0 Å². The molecule has 1 saturated heterocycles. The Morgan fingerprint density at radius 2 is 1.71 bits per heavy atom. The Labute approximate surface area is 178 Å². The van der Waals surface area contributed by atoms with E-state index in [1.165, 1.54) is 16.0 Å². The minimum absolute atomic E-state index is 0. The third-order valence-electron chi connectivity index (χ3n) is 5.01. The Hall–Kier alpha value is -1.60. The van der Waals surface area contributed by atoms with Gasteiger partial charge >= 0.3 is 0 Å². The van der Waals surface area contributed by atoms with Gasteiger partial charge in [-0.05, 0) is 30.0 Å². The summed E-state index contributed by atoms with van der Waals surface area (Å²) < 4.78 is 16.6. The lowest BCUT2D eigenvalue weighted by Gasteiger charge is -2.37. The van der Waals surface area contributed by atoms with Crippen LogP contribution in [0.2, 0.25) is 0 Å². The maximum Gasteiger partial charge on any atom is 0.161 e. The number of para-hydroxylation sites is 1. The Bertz CT molecular complexity index is 775. The second kappa shape index (κ2) is 10.8. The summed E-state index contributed by atoms with van der Waals surface area (Å²) in [6.07, 6.45) is 2.10. The van der Waals surface area contributed by atoms with Crippen LogP contribution < -0.4 is 19.5 Å². The van der Waals surface area contributed by atoms with Crippen molar-refractivity contribution in [1.29, 1.82) is 0 Å². The zero-order valence-corrected chi connectivity index (χ0v) is 18.5. The molecule has 0 bridgehead atoms. The smallest absolute Gasteiger partial charge is 0.161 e. The van der Waals surface area contributed by atoms with Crippen molar-refractivity contribution in [3.63, 3.8) is 0 Å². The van der Waals surface area contributed by atoms with E-state index in [1.54, 1.807) is 33.1 Å². The molecule has 2 aromatic rings. The topological polar surface area (TPSA) is 43.0 Å². The third kappa shape index (κ3) is 4.87. The van der Waals surface area contributed by atoms with Crippen molar-refractivity contribution in [2.24, 2.45) is 0 Å². The summed E-state index contributed by atoms with van der Waals surface area (Å²) in [6, 6.07) is 12.7. The largest absolute Gasteiger partial charge is 0.496 e. The van der Waals surface area contributed by atoms with Gasteiger partial charge < -0.3 is 19.5 Å². The van der Waals surface area contributed by atoms with Crippen molar-refractivity contribution in [2.75, 3.05) is 47.2 Å². The van der Waals surface area contributed by atoms with Crippen molar-refractivity contribution < 1.29 is 14.2 Å². The molecule has 0 aromatic heterocycles. The summed E-state index contributed by atoms with van der Waals surface area (Å²) in [7, 11) is 5.10. The number of nitrogens with one attached hydrogen (secondary N) is 1. The standard InChI is InChI=1S/C21H28N2O3S.ClH/c1-24-18-8-6-5-7-16(18)17-13-22-9-10-23(17)14-15-11-19(25-2)20(26-3)12-21(15)27-4;/h5-8,11-12,17,22H,9-10,13-14H2,1-4H3;1H. The normalized spacial score (nSPS) is 16.9. The van der Waals surface area contributed by atoms with Crippen molar-refractivity contribution in [1.82, 2.24) is 10.2 Å². The molecule has 5 nitrogen and oxygen atoms in total. The van der Waals surface area contributed by atoms with Gasteiger partial charge in [-0.1, -0.05) is 18.2 Å². The molecule has 0 amide bonds. The van der Waals surface area contributed by atoms with Gasteiger partial charge in [-0.15, -0.1) is 24.2 Å². The van der Waals surface area contributed by atoms with Crippen molar-refractivity contribution in [3.05, 3.63) is 47.5 Å². The molecule has 7 heteroatoms. The fourth-order valence-electron chi connectivity index (χ4n) is 3.62. The van der Waals surface area contributed by atoms with Crippen LogP contribution in [0.25, 0.3) is 0 Å². The highest BCUT2D eigenvalue weighted by Crippen LogP contribution is 2.37. The van der Waals surface area contributed by atoms with E-state index >= 15 is 0 Å². The molecule has 154 valence electrons. The first-order valence-corrected chi connectivity index (χ1v) is 10.3. The van der Waals surface area contributed by atoms with E-state index in [-0.39, 0.29) is 18.4 Å². The first kappa shape index (κ1) is 22.7. The molecular weight excluding hydrogens is 396 g/mol. The van der Waals surface area contributed by atoms with Gasteiger partial charge in [0.2, 0.25) is 0 Å². The molecule has 1 aliphatic rings. The summed E-state index contributed by atoms with van der Waals surface area (Å²) in [5.74, 6) is 2.48. The SMILES string of the molecule is COc1cc(CN2CCNCC2c2ccccc2OC)c(SC)cc1OC.Cl. The summed E-state index contributed by atoms with van der Waals surface area (Å²) >= 11 is 1.73. The van der Waals surface area contributed by atoms with Crippen LogP contribution in [0.5, 0.6) is 17.2 Å². The van der Waals surface area contributed by atoms with Gasteiger partial charge in [-0.2, -0.15) is 0 Å². The van der Waals surface area contributed by atoms with Crippen molar-refractivity contribution in [3.8, 4) is 17.2 Å². The Balaban J connectivity index is 0.00000280. The fraction of sp³-hybridized carbons (Fsp3) is 0.429. The Morgan fingerprint density at radius 3 is 2.39 bits per heavy atom. The molecule has 1 heterocycles. The summed E-state index contributed by atoms with van der Waals surface area (Å²) in [6.45, 7) is 3.71. The fourth-order valence-corrected chi connectivity index (χ4v) is 4.23. The zero-order valence-electron chi connectivity index (χ0n) is 16.9. The molecular formula is C21H29ClN2O3S. The second-order valence-electron chi connectivity index (χ2n) is 6.45. The molecule has 1 aliphatic heterocycles. The van der Waals surface area contributed by atoms with E-state index < -0.39 is 0 Å². The second-order valence-corrected chi connectivity index (χ2v) is 7.30. The number of halogens is 1. The van der Waals surface area contributed by atoms with Crippen LogP contribution in [0.15, 0.2) is 41.3 Å². The zero-order chi connectivity index (χ0) is 19.2. The Kier molecular flexibility index (Phi) is 8.76. The molecule has 1 atom stereocenters. The van der Waals surface area contributed by atoms with Crippen LogP contribution in [-0.2, 0) is 6.54 Å². The van der Waals surface area contributed by atoms with Crippen LogP contribution in [0, 0.1) is 0 Å². The number of piperazine rings is 1. The van der Waals surface area contributed by atoms with Gasteiger partial charge in [0.15, 0.2) is 11.5 Å². The van der Waals surface area contributed by atoms with E-state index in [0.29, 0.717) is 0 Å². The first-order chi connectivity index (χ1) is 13.2. The molecule has 28 heavy (non-hydrogen) atoms. The van der Waals surface area contributed by atoms with Crippen LogP contribution in [0.1, 0.15) is 17.2 Å². The average molecular weight is 425 g/mol. The highest BCUT2D eigenvalue weighted by Gasteiger charge is 2.27. The molecule has 3 rings (SSSR count). The number of benzene rings is 2. The molecule has 1 fully saturated rings. The lowest BCUT2D eigenvalue weighted by atomic mass is 10.0. The third-order valence-corrected chi connectivity index (χ3v) is 5.83. The van der Waals surface area contributed by atoms with E-state index in [9.17, 15) is 0 Å². The monoisotopic (exact) mass is 424 g/mol. The molecule has 0 radical (unpaired) electrons. The van der Waals surface area contributed by atoms with Gasteiger partial charge in [0, 0.05) is 36.6 Å². The predicted octanol–water partition coefficient (Wildman–Crippen LogP) is 4.00. The van der Waals surface area contributed by atoms with Crippen molar-refractivity contribution >= 4 is 24.2 Å². The quantitative estimate of drug-likeness (QED) is 0.677. The van der Waals surface area contributed by atoms with Gasteiger partial charge in [0.05, 0.1) is 27.4 Å². The maximum atomic E-state index is 5.61. The molecule has 1 unspecified atom stereocenters. The van der Waals surface area contributed by atoms with Crippen molar-refractivity contribution in [2.45, 2.75) is 17.5 Å². The number of methoxy groups -OCH3 is 3. The molecule has 0 spiro atoms. The number of hydrogen-bond donors (Lipinski definition) is 1. The summed E-state index contributed by atoms with van der Waals surface area (Å²) in [5, 5.41) is 3.52. The highest BCUT2D eigenvalue weighted by atomic mass is 35.5. The van der Waals surface area contributed by atoms with Crippen LogP contribution in [-0.4, -0.2) is 52.1 Å². The number of ether oxygens (including phenoxy) is 3. The lowest BCUT2D eigenvalue weighted by molar-refractivity contribution is 0.150. The highest BCUT2D eigenvalue weighted by molar-refractivity contribution is 7.98. The molecule has 0 saturated carbocycles. The number of hydrogen-bond acceptors (Lipinski definition) is 6. The predicted molar refractivity (Wildman–Crippen MR) is 118 cm³/mol. The summed E-state index contributed by atoms with van der Waals surface area (Å²) in [5.41, 5.74) is 2.47. The van der Waals surface area contributed by atoms with E-state index in [2.05, 4.69) is 40.7 Å². The molecule has 0 aliphatic carbocycles. The van der Waals surface area contributed by atoms with E-state index in [0.717, 1.165) is 43.4 Å². The lowest BCUT2D eigenvalue weighted by Crippen LogP contribution is -2.45. The number of thioether (sulfide) groups is 1. The minimum Gasteiger partial charge on any atom is -0.496 e. The minimum atomic E-state index is 0. The van der Waals surface area contributed by atoms with Gasteiger partial charge in [0.25, 0.3) is 0 Å². The van der Waals surface area contributed by atoms with E-state index in [1.807, 2.05) is 12.1 Å². The first-order valence-electron chi connectivity index (χ1n) is 9.08. The van der Waals surface area contributed by atoms with Gasteiger partial charge in [0.1, 0.15) is 5.75 Å². The maximum absolute atomic E-state index is 5.61. The summed E-state index contributed by atoms with van der Waals surface area (Å²) in [4.78, 5) is 3.72.